The SMILES string of the molecule is CCCCN(CC)CCCC(=O)OC. The van der Waals surface area contributed by atoms with Gasteiger partial charge in [0.05, 0.1) is 7.11 Å². The lowest BCUT2D eigenvalue weighted by atomic mass is 10.2. The molecule has 0 spiro atoms. The van der Waals surface area contributed by atoms with Crippen molar-refractivity contribution in [2.75, 3.05) is 26.7 Å². The van der Waals surface area contributed by atoms with E-state index in [4.69, 9.17) is 0 Å². The van der Waals surface area contributed by atoms with Crippen LogP contribution in [0.5, 0.6) is 0 Å². The number of ether oxygens (including phenoxy) is 1. The van der Waals surface area contributed by atoms with Crippen molar-refractivity contribution in [3.63, 3.8) is 0 Å². The Bertz CT molecular complexity index is 148. The maximum absolute atomic E-state index is 10.9. The van der Waals surface area contributed by atoms with Crippen LogP contribution in [0, 0.1) is 0 Å². The predicted octanol–water partition coefficient (Wildman–Crippen LogP) is 2.06. The molecule has 0 saturated carbocycles. The fraction of sp³-hybridized carbons (Fsp3) is 0.909. The Morgan fingerprint density at radius 1 is 1.21 bits per heavy atom. The number of hydrogen-bond donors (Lipinski definition) is 0. The number of rotatable bonds is 8. The number of methoxy groups -OCH3 is 1. The van der Waals surface area contributed by atoms with E-state index in [-0.39, 0.29) is 5.97 Å². The van der Waals surface area contributed by atoms with E-state index in [1.54, 1.807) is 0 Å². The van der Waals surface area contributed by atoms with E-state index in [2.05, 4.69) is 23.5 Å². The number of carbonyl (C=O) groups is 1. The van der Waals surface area contributed by atoms with Crippen LogP contribution in [-0.4, -0.2) is 37.6 Å². The molecule has 0 amide bonds. The van der Waals surface area contributed by atoms with Crippen molar-refractivity contribution in [3.05, 3.63) is 0 Å². The van der Waals surface area contributed by atoms with E-state index < -0.39 is 0 Å². The lowest BCUT2D eigenvalue weighted by Crippen LogP contribution is -2.26. The van der Waals surface area contributed by atoms with Crippen molar-refractivity contribution >= 4 is 5.97 Å². The second-order valence-electron chi connectivity index (χ2n) is 3.47. The van der Waals surface area contributed by atoms with Crippen LogP contribution < -0.4 is 0 Å². The fourth-order valence-corrected chi connectivity index (χ4v) is 1.36. The van der Waals surface area contributed by atoms with Gasteiger partial charge in [-0.05, 0) is 32.5 Å². The van der Waals surface area contributed by atoms with Crippen LogP contribution in [0.15, 0.2) is 0 Å². The molecule has 0 aliphatic heterocycles. The Kier molecular flexibility index (Phi) is 8.64. The number of carbonyl (C=O) groups excluding carboxylic acids is 1. The van der Waals surface area contributed by atoms with Crippen LogP contribution >= 0.6 is 0 Å². The summed E-state index contributed by atoms with van der Waals surface area (Å²) in [6.07, 6.45) is 3.92. The van der Waals surface area contributed by atoms with Crippen molar-refractivity contribution in [3.8, 4) is 0 Å². The van der Waals surface area contributed by atoms with Gasteiger partial charge in [-0.3, -0.25) is 4.79 Å². The summed E-state index contributed by atoms with van der Waals surface area (Å²) >= 11 is 0. The van der Waals surface area contributed by atoms with E-state index in [9.17, 15) is 4.79 Å². The summed E-state index contributed by atoms with van der Waals surface area (Å²) < 4.78 is 4.59. The Hall–Kier alpha value is -0.570. The molecule has 0 atom stereocenters. The van der Waals surface area contributed by atoms with Crippen LogP contribution in [0.25, 0.3) is 0 Å². The molecule has 0 unspecified atom stereocenters. The van der Waals surface area contributed by atoms with Gasteiger partial charge in [0, 0.05) is 6.42 Å². The summed E-state index contributed by atoms with van der Waals surface area (Å²) in [6, 6.07) is 0. The highest BCUT2D eigenvalue weighted by molar-refractivity contribution is 5.69. The van der Waals surface area contributed by atoms with Gasteiger partial charge in [-0.2, -0.15) is 0 Å². The molecular weight excluding hydrogens is 178 g/mol. The molecule has 0 aromatic heterocycles. The normalized spacial score (nSPS) is 10.6. The molecule has 0 bridgehead atoms. The highest BCUT2D eigenvalue weighted by Crippen LogP contribution is 1.99. The highest BCUT2D eigenvalue weighted by atomic mass is 16.5. The lowest BCUT2D eigenvalue weighted by Gasteiger charge is -2.19. The second-order valence-corrected chi connectivity index (χ2v) is 3.47. The first-order valence-corrected chi connectivity index (χ1v) is 5.53. The zero-order chi connectivity index (χ0) is 10.8. The van der Waals surface area contributed by atoms with Gasteiger partial charge in [0.15, 0.2) is 0 Å². The average Bonchev–Trinajstić information content (AvgIpc) is 2.22. The van der Waals surface area contributed by atoms with Crippen LogP contribution in [-0.2, 0) is 9.53 Å². The molecule has 0 aromatic carbocycles. The van der Waals surface area contributed by atoms with Gasteiger partial charge in [-0.1, -0.05) is 20.3 Å². The van der Waals surface area contributed by atoms with Crippen molar-refractivity contribution in [1.29, 1.82) is 0 Å². The summed E-state index contributed by atoms with van der Waals surface area (Å²) in [5.74, 6) is -0.100. The summed E-state index contributed by atoms with van der Waals surface area (Å²) in [5, 5.41) is 0. The quantitative estimate of drug-likeness (QED) is 0.563. The Labute approximate surface area is 87.4 Å². The molecule has 0 aromatic rings. The average molecular weight is 201 g/mol. The highest BCUT2D eigenvalue weighted by Gasteiger charge is 2.04. The third-order valence-electron chi connectivity index (χ3n) is 2.36. The van der Waals surface area contributed by atoms with E-state index in [1.807, 2.05) is 0 Å². The zero-order valence-electron chi connectivity index (χ0n) is 9.71. The molecule has 0 aliphatic carbocycles. The second kappa shape index (κ2) is 9.00. The maximum Gasteiger partial charge on any atom is 0.305 e. The lowest BCUT2D eigenvalue weighted by molar-refractivity contribution is -0.140. The molecule has 14 heavy (non-hydrogen) atoms. The van der Waals surface area contributed by atoms with Crippen LogP contribution in [0.2, 0.25) is 0 Å². The minimum Gasteiger partial charge on any atom is -0.469 e. The van der Waals surface area contributed by atoms with E-state index in [0.717, 1.165) is 26.1 Å². The number of esters is 1. The Balaban J connectivity index is 3.46. The van der Waals surface area contributed by atoms with Crippen molar-refractivity contribution in [2.24, 2.45) is 0 Å². The number of hydrogen-bond acceptors (Lipinski definition) is 3. The van der Waals surface area contributed by atoms with Gasteiger partial charge >= 0.3 is 5.97 Å². The molecular formula is C11H23NO2. The predicted molar refractivity (Wildman–Crippen MR) is 58.3 cm³/mol. The molecule has 3 heteroatoms. The first-order chi connectivity index (χ1) is 6.74. The van der Waals surface area contributed by atoms with Crippen molar-refractivity contribution in [1.82, 2.24) is 4.90 Å². The third kappa shape index (κ3) is 6.89. The van der Waals surface area contributed by atoms with Gasteiger partial charge in [-0.15, -0.1) is 0 Å². The standard InChI is InChI=1S/C11H23NO2/c1-4-6-9-12(5-2)10-7-8-11(13)14-3/h4-10H2,1-3H3. The Morgan fingerprint density at radius 2 is 1.86 bits per heavy atom. The van der Waals surface area contributed by atoms with Crippen LogP contribution in [0.1, 0.15) is 39.5 Å². The van der Waals surface area contributed by atoms with E-state index >= 15 is 0 Å². The monoisotopic (exact) mass is 201 g/mol. The van der Waals surface area contributed by atoms with E-state index in [1.165, 1.54) is 20.0 Å². The van der Waals surface area contributed by atoms with Gasteiger partial charge in [0.1, 0.15) is 0 Å². The molecule has 0 N–H and O–H groups in total. The number of unbranched alkanes of at least 4 members (excludes halogenated alkanes) is 1. The molecule has 84 valence electrons. The van der Waals surface area contributed by atoms with Crippen LogP contribution in [0.3, 0.4) is 0 Å². The van der Waals surface area contributed by atoms with Crippen molar-refractivity contribution in [2.45, 2.75) is 39.5 Å². The molecule has 0 rings (SSSR count). The van der Waals surface area contributed by atoms with Crippen LogP contribution in [0.4, 0.5) is 0 Å². The summed E-state index contributed by atoms with van der Waals surface area (Å²) in [6.45, 7) is 7.58. The van der Waals surface area contributed by atoms with E-state index in [0.29, 0.717) is 6.42 Å². The topological polar surface area (TPSA) is 29.5 Å². The minimum atomic E-state index is -0.100. The van der Waals surface area contributed by atoms with Gasteiger partial charge < -0.3 is 9.64 Å². The molecule has 0 saturated heterocycles. The molecule has 3 nitrogen and oxygen atoms in total. The van der Waals surface area contributed by atoms with Gasteiger partial charge in [-0.25, -0.2) is 0 Å². The summed E-state index contributed by atoms with van der Waals surface area (Å²) in [7, 11) is 1.44. The van der Waals surface area contributed by atoms with Gasteiger partial charge in [0.2, 0.25) is 0 Å². The third-order valence-corrected chi connectivity index (χ3v) is 2.36. The van der Waals surface area contributed by atoms with Gasteiger partial charge in [0.25, 0.3) is 0 Å². The maximum atomic E-state index is 10.9. The molecule has 0 heterocycles. The molecule has 0 aliphatic rings. The molecule has 0 radical (unpaired) electrons. The number of nitrogens with zero attached hydrogens (tertiary/aromatic N) is 1. The summed E-state index contributed by atoms with van der Waals surface area (Å²) in [5.41, 5.74) is 0. The smallest absolute Gasteiger partial charge is 0.305 e. The fourth-order valence-electron chi connectivity index (χ4n) is 1.36. The zero-order valence-corrected chi connectivity index (χ0v) is 9.71. The minimum absolute atomic E-state index is 0.100. The Morgan fingerprint density at radius 3 is 2.36 bits per heavy atom. The van der Waals surface area contributed by atoms with Crippen molar-refractivity contribution < 1.29 is 9.53 Å². The first-order valence-electron chi connectivity index (χ1n) is 5.53. The molecule has 0 fully saturated rings. The first kappa shape index (κ1) is 13.4. The summed E-state index contributed by atoms with van der Waals surface area (Å²) in [4.78, 5) is 13.2. The largest absolute Gasteiger partial charge is 0.469 e.